The van der Waals surface area contributed by atoms with Gasteiger partial charge in [-0.1, -0.05) is 26.8 Å². The zero-order chi connectivity index (χ0) is 18.7. The Labute approximate surface area is 157 Å². The highest BCUT2D eigenvalue weighted by atomic mass is 19.1. The van der Waals surface area contributed by atoms with Crippen LogP contribution < -0.4 is 0 Å². The summed E-state index contributed by atoms with van der Waals surface area (Å²) in [6, 6.07) is 0. The molecule has 0 amide bonds. The Kier molecular flexibility index (Phi) is 4.38. The number of halogens is 1. The van der Waals surface area contributed by atoms with Crippen LogP contribution in [0.4, 0.5) is 4.39 Å². The van der Waals surface area contributed by atoms with Crippen LogP contribution in [0.2, 0.25) is 0 Å². The van der Waals surface area contributed by atoms with Gasteiger partial charge in [-0.15, -0.1) is 0 Å². The van der Waals surface area contributed by atoms with Gasteiger partial charge in [-0.2, -0.15) is 0 Å². The van der Waals surface area contributed by atoms with Crippen molar-refractivity contribution in [3.8, 4) is 0 Å². The van der Waals surface area contributed by atoms with Gasteiger partial charge in [0, 0.05) is 5.92 Å². The average Bonchev–Trinajstić information content (AvgIpc) is 2.97. The molecule has 144 valence electrons. The van der Waals surface area contributed by atoms with Crippen LogP contribution in [0.1, 0.15) is 59.3 Å². The Hall–Kier alpha value is -1.09. The molecule has 1 N–H and O–H groups in total. The molecule has 2 nitrogen and oxygen atoms in total. The van der Waals surface area contributed by atoms with E-state index >= 15 is 0 Å². The molecule has 0 bridgehead atoms. The van der Waals surface area contributed by atoms with Gasteiger partial charge in [-0.3, -0.25) is 0 Å². The fraction of sp³-hybridized carbons (Fsp3) is 0.739. The van der Waals surface area contributed by atoms with Crippen LogP contribution in [0.15, 0.2) is 34.9 Å². The lowest BCUT2D eigenvalue weighted by molar-refractivity contribution is -0.0150. The minimum Gasteiger partial charge on any atom is -0.501 e. The van der Waals surface area contributed by atoms with E-state index in [0.717, 1.165) is 49.9 Å². The van der Waals surface area contributed by atoms with E-state index in [1.165, 1.54) is 5.57 Å². The maximum atomic E-state index is 14.4. The molecule has 4 aliphatic rings. The van der Waals surface area contributed by atoms with Crippen LogP contribution in [-0.4, -0.2) is 18.8 Å². The second kappa shape index (κ2) is 6.22. The maximum absolute atomic E-state index is 14.4. The van der Waals surface area contributed by atoms with E-state index in [4.69, 9.17) is 4.74 Å². The van der Waals surface area contributed by atoms with Gasteiger partial charge in [0.15, 0.2) is 0 Å². The smallest absolute Gasteiger partial charge is 0.125 e. The number of hydrogen-bond donors (Lipinski definition) is 1. The van der Waals surface area contributed by atoms with E-state index in [-0.39, 0.29) is 16.7 Å². The number of fused-ring (bicyclic) bond motifs is 5. The number of aliphatic hydroxyl groups is 1. The summed E-state index contributed by atoms with van der Waals surface area (Å²) in [5.74, 6) is 3.17. The summed E-state index contributed by atoms with van der Waals surface area (Å²) in [5, 5.41) is 9.34. The van der Waals surface area contributed by atoms with Crippen molar-refractivity contribution in [2.24, 2.45) is 34.5 Å². The van der Waals surface area contributed by atoms with Gasteiger partial charge >= 0.3 is 0 Å². The monoisotopic (exact) mass is 360 g/mol. The van der Waals surface area contributed by atoms with E-state index in [1.54, 1.807) is 7.11 Å². The Balaban J connectivity index is 1.70. The zero-order valence-corrected chi connectivity index (χ0v) is 16.6. The van der Waals surface area contributed by atoms with Crippen LogP contribution in [-0.2, 0) is 4.74 Å². The molecule has 0 radical (unpaired) electrons. The van der Waals surface area contributed by atoms with Crippen LogP contribution >= 0.6 is 0 Å². The maximum Gasteiger partial charge on any atom is 0.125 e. The zero-order valence-electron chi connectivity index (χ0n) is 16.6. The second-order valence-electron chi connectivity index (χ2n) is 9.58. The summed E-state index contributed by atoms with van der Waals surface area (Å²) in [5.41, 5.74) is 2.55. The van der Waals surface area contributed by atoms with Crippen molar-refractivity contribution in [2.45, 2.75) is 59.3 Å². The molecular weight excluding hydrogens is 327 g/mol. The molecule has 2 saturated carbocycles. The van der Waals surface area contributed by atoms with Gasteiger partial charge in [0.05, 0.1) is 19.5 Å². The molecule has 2 fully saturated rings. The second-order valence-corrected chi connectivity index (χ2v) is 9.58. The van der Waals surface area contributed by atoms with Crippen LogP contribution in [0.3, 0.4) is 0 Å². The Morgan fingerprint density at radius 2 is 2.00 bits per heavy atom. The van der Waals surface area contributed by atoms with Crippen molar-refractivity contribution in [1.29, 1.82) is 0 Å². The first-order valence-electron chi connectivity index (χ1n) is 10.3. The fourth-order valence-corrected chi connectivity index (χ4v) is 7.26. The number of hydrogen-bond acceptors (Lipinski definition) is 2. The summed E-state index contributed by atoms with van der Waals surface area (Å²) in [4.78, 5) is 0. The number of rotatable bonds is 2. The van der Waals surface area contributed by atoms with E-state index in [0.29, 0.717) is 23.7 Å². The highest BCUT2D eigenvalue weighted by Gasteiger charge is 2.57. The first-order chi connectivity index (χ1) is 12.3. The lowest BCUT2D eigenvalue weighted by atomic mass is 9.48. The first kappa shape index (κ1) is 18.3. The first-order valence-corrected chi connectivity index (χ1v) is 10.3. The normalized spacial score (nSPS) is 46.5. The van der Waals surface area contributed by atoms with Crippen LogP contribution in [0.5, 0.6) is 0 Å². The van der Waals surface area contributed by atoms with E-state index in [1.807, 2.05) is 0 Å². The van der Waals surface area contributed by atoms with E-state index in [9.17, 15) is 9.50 Å². The molecule has 3 heteroatoms. The molecule has 4 rings (SSSR count). The number of allylic oxidation sites excluding steroid dienone is 5. The lowest BCUT2D eigenvalue weighted by Crippen LogP contribution is -2.49. The molecule has 0 saturated heterocycles. The largest absolute Gasteiger partial charge is 0.501 e. The summed E-state index contributed by atoms with van der Waals surface area (Å²) < 4.78 is 20.0. The third-order valence-electron chi connectivity index (χ3n) is 8.52. The van der Waals surface area contributed by atoms with Gasteiger partial charge in [-0.05, 0) is 84.3 Å². The van der Waals surface area contributed by atoms with E-state index < -0.39 is 6.61 Å². The molecule has 5 unspecified atom stereocenters. The molecule has 0 heterocycles. The molecule has 0 spiro atoms. The molecule has 0 aromatic heterocycles. The topological polar surface area (TPSA) is 29.5 Å². The molecule has 0 aromatic carbocycles. The van der Waals surface area contributed by atoms with Crippen molar-refractivity contribution >= 4 is 0 Å². The Morgan fingerprint density at radius 3 is 2.69 bits per heavy atom. The third-order valence-corrected chi connectivity index (χ3v) is 8.52. The number of aliphatic hydroxyl groups excluding tert-OH is 1. The van der Waals surface area contributed by atoms with Gasteiger partial charge in [0.1, 0.15) is 5.83 Å². The van der Waals surface area contributed by atoms with E-state index in [2.05, 4.69) is 32.9 Å². The predicted molar refractivity (Wildman–Crippen MR) is 102 cm³/mol. The molecule has 26 heavy (non-hydrogen) atoms. The van der Waals surface area contributed by atoms with Crippen molar-refractivity contribution in [2.75, 3.05) is 13.7 Å². The number of ether oxygens (including phenoxy) is 1. The molecule has 6 atom stereocenters. The van der Waals surface area contributed by atoms with Crippen molar-refractivity contribution in [1.82, 2.24) is 0 Å². The molecule has 0 aromatic rings. The molecular formula is C23H33FO2. The van der Waals surface area contributed by atoms with Crippen LogP contribution in [0.25, 0.3) is 0 Å². The predicted octanol–water partition coefficient (Wildman–Crippen LogP) is 5.55. The van der Waals surface area contributed by atoms with Crippen LogP contribution in [0, 0.1) is 34.5 Å². The summed E-state index contributed by atoms with van der Waals surface area (Å²) >= 11 is 0. The minimum atomic E-state index is -0.435. The van der Waals surface area contributed by atoms with Gasteiger partial charge < -0.3 is 9.84 Å². The minimum absolute atomic E-state index is 0.0521. The molecule has 0 aliphatic heterocycles. The summed E-state index contributed by atoms with van der Waals surface area (Å²) in [6.07, 6.45) is 11.1. The Morgan fingerprint density at radius 1 is 1.27 bits per heavy atom. The summed E-state index contributed by atoms with van der Waals surface area (Å²) in [6.45, 7) is 6.56. The highest BCUT2D eigenvalue weighted by molar-refractivity contribution is 5.38. The average molecular weight is 361 g/mol. The van der Waals surface area contributed by atoms with Gasteiger partial charge in [-0.25, -0.2) is 4.39 Å². The SMILES string of the molecule is COC1=CC2=CCC3C(CCC4(C)C(=C(F)CO)CCC34)C2(C)C[C@H]1C. The van der Waals surface area contributed by atoms with Crippen molar-refractivity contribution in [3.05, 3.63) is 34.9 Å². The summed E-state index contributed by atoms with van der Waals surface area (Å²) in [7, 11) is 1.78. The standard InChI is InChI=1S/C23H33FO2/c1-14-12-23(3)15(11-21(14)26-4)5-6-16-17-7-8-19(20(24)13-25)22(17,2)10-9-18(16)23/h5,11,14,16-18,25H,6-10,12-13H2,1-4H3/t14-,16?,17?,18?,22?,23?/m1/s1. The van der Waals surface area contributed by atoms with Crippen molar-refractivity contribution in [3.63, 3.8) is 0 Å². The van der Waals surface area contributed by atoms with Gasteiger partial charge in [0.25, 0.3) is 0 Å². The third kappa shape index (κ3) is 2.38. The molecule has 4 aliphatic carbocycles. The number of methoxy groups -OCH3 is 1. The van der Waals surface area contributed by atoms with Gasteiger partial charge in [0.2, 0.25) is 0 Å². The quantitative estimate of drug-likeness (QED) is 0.699. The Bertz CT molecular complexity index is 690. The fourth-order valence-electron chi connectivity index (χ4n) is 7.26. The lowest BCUT2D eigenvalue weighted by Gasteiger charge is -2.57. The highest BCUT2D eigenvalue weighted by Crippen LogP contribution is 2.66. The van der Waals surface area contributed by atoms with Crippen molar-refractivity contribution < 1.29 is 14.2 Å².